The lowest BCUT2D eigenvalue weighted by atomic mass is 9.95. The van der Waals surface area contributed by atoms with Crippen LogP contribution in [0.4, 0.5) is 0 Å². The lowest BCUT2D eigenvalue weighted by Gasteiger charge is -2.37. The molecule has 0 bridgehead atoms. The van der Waals surface area contributed by atoms with Crippen LogP contribution in [0.3, 0.4) is 0 Å². The highest BCUT2D eigenvalue weighted by atomic mass is 32.2. The lowest BCUT2D eigenvalue weighted by Crippen LogP contribution is -2.53. The van der Waals surface area contributed by atoms with E-state index in [1.807, 2.05) is 38.1 Å². The first-order valence-corrected chi connectivity index (χ1v) is 10.7. The van der Waals surface area contributed by atoms with Crippen molar-refractivity contribution in [1.29, 1.82) is 0 Å². The smallest absolute Gasteiger partial charge is 0.253 e. The van der Waals surface area contributed by atoms with Gasteiger partial charge in [-0.2, -0.15) is 4.31 Å². The van der Waals surface area contributed by atoms with Crippen molar-refractivity contribution < 1.29 is 13.2 Å². The van der Waals surface area contributed by atoms with Crippen LogP contribution in [0.15, 0.2) is 46.0 Å². The molecule has 1 aliphatic heterocycles. The van der Waals surface area contributed by atoms with Gasteiger partial charge in [-0.25, -0.2) is 8.42 Å². The Labute approximate surface area is 152 Å². The van der Waals surface area contributed by atoms with Crippen LogP contribution in [0.2, 0.25) is 0 Å². The average molecular weight is 379 g/mol. The minimum absolute atomic E-state index is 0.125. The van der Waals surface area contributed by atoms with Gasteiger partial charge in [0.05, 0.1) is 0 Å². The van der Waals surface area contributed by atoms with Gasteiger partial charge in [-0.15, -0.1) is 11.3 Å². The molecule has 1 unspecified atom stereocenters. The summed E-state index contributed by atoms with van der Waals surface area (Å²) in [7, 11) is -3.70. The number of hydrogen-bond donors (Lipinski definition) is 0. The van der Waals surface area contributed by atoms with Gasteiger partial charge in [0.25, 0.3) is 10.0 Å². The fourth-order valence-corrected chi connectivity index (χ4v) is 5.91. The van der Waals surface area contributed by atoms with Gasteiger partial charge in [-0.3, -0.25) is 4.79 Å². The van der Waals surface area contributed by atoms with Crippen LogP contribution in [-0.2, 0) is 27.8 Å². The minimum atomic E-state index is -3.70. The average Bonchev–Trinajstić information content (AvgIpc) is 3.17. The van der Waals surface area contributed by atoms with Crippen molar-refractivity contribution in [2.24, 2.45) is 0 Å². The number of sulfonamides is 1. The summed E-state index contributed by atoms with van der Waals surface area (Å²) in [6, 6.07) is 10.4. The van der Waals surface area contributed by atoms with Crippen molar-refractivity contribution in [3.63, 3.8) is 0 Å². The summed E-state index contributed by atoms with van der Waals surface area (Å²) in [4.78, 5) is 14.7. The van der Waals surface area contributed by atoms with Gasteiger partial charge < -0.3 is 4.90 Å². The maximum atomic E-state index is 13.1. The molecule has 0 N–H and O–H groups in total. The predicted molar refractivity (Wildman–Crippen MR) is 98.9 cm³/mol. The molecular formula is C18H22N2O3S2. The first-order chi connectivity index (χ1) is 12.0. The molecule has 1 atom stereocenters. The number of fused-ring (bicyclic) bond motifs is 1. The Morgan fingerprint density at radius 1 is 1.16 bits per heavy atom. The second kappa shape index (κ2) is 7.27. The van der Waals surface area contributed by atoms with Crippen molar-refractivity contribution in [1.82, 2.24) is 9.21 Å². The van der Waals surface area contributed by atoms with Crippen LogP contribution in [0.1, 0.15) is 25.0 Å². The van der Waals surface area contributed by atoms with Crippen molar-refractivity contribution in [3.05, 3.63) is 52.9 Å². The summed E-state index contributed by atoms with van der Waals surface area (Å²) >= 11 is 1.18. The third-order valence-corrected chi connectivity index (χ3v) is 7.85. The summed E-state index contributed by atoms with van der Waals surface area (Å²) in [6.07, 6.45) is 0.413. The Kier molecular flexibility index (Phi) is 5.27. The monoisotopic (exact) mass is 378 g/mol. The molecule has 2 aromatic rings. The van der Waals surface area contributed by atoms with Gasteiger partial charge in [0.15, 0.2) is 0 Å². The summed E-state index contributed by atoms with van der Waals surface area (Å²) in [6.45, 7) is 5.20. The van der Waals surface area contributed by atoms with Gasteiger partial charge >= 0.3 is 0 Å². The third kappa shape index (κ3) is 3.36. The van der Waals surface area contributed by atoms with Gasteiger partial charge in [0.2, 0.25) is 5.91 Å². The molecule has 0 saturated carbocycles. The lowest BCUT2D eigenvalue weighted by molar-refractivity contribution is -0.135. The molecule has 2 heterocycles. The van der Waals surface area contributed by atoms with E-state index in [1.165, 1.54) is 15.6 Å². The topological polar surface area (TPSA) is 57.7 Å². The van der Waals surface area contributed by atoms with E-state index in [2.05, 4.69) is 0 Å². The highest BCUT2D eigenvalue weighted by Gasteiger charge is 2.41. The van der Waals surface area contributed by atoms with Crippen LogP contribution < -0.4 is 0 Å². The number of nitrogens with zero attached hydrogens (tertiary/aromatic N) is 2. The molecule has 0 aliphatic carbocycles. The molecule has 0 fully saturated rings. The van der Waals surface area contributed by atoms with Crippen molar-refractivity contribution in [2.75, 3.05) is 13.1 Å². The van der Waals surface area contributed by atoms with Crippen molar-refractivity contribution in [2.45, 2.75) is 37.1 Å². The zero-order chi connectivity index (χ0) is 18.0. The van der Waals surface area contributed by atoms with E-state index < -0.39 is 16.1 Å². The minimum Gasteiger partial charge on any atom is -0.342 e. The van der Waals surface area contributed by atoms with Crippen LogP contribution in [0.5, 0.6) is 0 Å². The summed E-state index contributed by atoms with van der Waals surface area (Å²) in [5, 5.41) is 1.74. The molecule has 1 aromatic heterocycles. The summed E-state index contributed by atoms with van der Waals surface area (Å²) < 4.78 is 27.9. The summed E-state index contributed by atoms with van der Waals surface area (Å²) in [5.41, 5.74) is 2.01. The van der Waals surface area contributed by atoms with Gasteiger partial charge in [0, 0.05) is 19.6 Å². The zero-order valence-corrected chi connectivity index (χ0v) is 16.0. The number of amides is 1. The molecule has 134 valence electrons. The number of rotatable bonds is 5. The van der Waals surface area contributed by atoms with E-state index in [0.29, 0.717) is 19.5 Å². The fourth-order valence-electron chi connectivity index (χ4n) is 3.23. The summed E-state index contributed by atoms with van der Waals surface area (Å²) in [5.74, 6) is -0.125. The number of carbonyl (C=O) groups excluding carboxylic acids is 1. The third-order valence-electron chi connectivity index (χ3n) is 4.62. The van der Waals surface area contributed by atoms with E-state index in [1.54, 1.807) is 22.4 Å². The second-order valence-electron chi connectivity index (χ2n) is 5.98. The molecule has 1 aliphatic rings. The Balaban J connectivity index is 2.04. The molecule has 25 heavy (non-hydrogen) atoms. The van der Waals surface area contributed by atoms with E-state index in [9.17, 15) is 13.2 Å². The van der Waals surface area contributed by atoms with Crippen LogP contribution in [0, 0.1) is 0 Å². The largest absolute Gasteiger partial charge is 0.342 e. The van der Waals surface area contributed by atoms with Gasteiger partial charge in [-0.05, 0) is 42.8 Å². The first-order valence-electron chi connectivity index (χ1n) is 8.40. The van der Waals surface area contributed by atoms with Crippen molar-refractivity contribution >= 4 is 27.3 Å². The highest BCUT2D eigenvalue weighted by molar-refractivity contribution is 7.91. The Bertz CT molecular complexity index is 843. The van der Waals surface area contributed by atoms with Crippen molar-refractivity contribution in [3.8, 4) is 0 Å². The Hall–Kier alpha value is -1.70. The normalized spacial score (nSPS) is 17.9. The van der Waals surface area contributed by atoms with Gasteiger partial charge in [0.1, 0.15) is 10.3 Å². The quantitative estimate of drug-likeness (QED) is 0.804. The molecule has 1 amide bonds. The number of thiophene rings is 1. The fraction of sp³-hybridized carbons (Fsp3) is 0.389. The highest BCUT2D eigenvalue weighted by Crippen LogP contribution is 2.31. The molecule has 1 aromatic carbocycles. The van der Waals surface area contributed by atoms with E-state index in [-0.39, 0.29) is 16.7 Å². The Morgan fingerprint density at radius 2 is 1.84 bits per heavy atom. The SMILES string of the molecule is CCN(CC)C(=O)C1Cc2ccccc2CN1S(=O)(=O)c1cccs1. The molecule has 0 radical (unpaired) electrons. The Morgan fingerprint density at radius 3 is 2.44 bits per heavy atom. The van der Waals surface area contributed by atoms with E-state index in [4.69, 9.17) is 0 Å². The number of likely N-dealkylation sites (N-methyl/N-ethyl adjacent to an activating group) is 1. The number of benzene rings is 1. The zero-order valence-electron chi connectivity index (χ0n) is 14.4. The van der Waals surface area contributed by atoms with Gasteiger partial charge in [-0.1, -0.05) is 30.3 Å². The maximum Gasteiger partial charge on any atom is 0.253 e. The van der Waals surface area contributed by atoms with E-state index >= 15 is 0 Å². The first kappa shape index (κ1) is 18.1. The number of hydrogen-bond acceptors (Lipinski definition) is 4. The molecular weight excluding hydrogens is 356 g/mol. The molecule has 0 spiro atoms. The maximum absolute atomic E-state index is 13.1. The van der Waals surface area contributed by atoms with E-state index in [0.717, 1.165) is 11.1 Å². The van der Waals surface area contributed by atoms with Crippen LogP contribution in [0.25, 0.3) is 0 Å². The van der Waals surface area contributed by atoms with Crippen LogP contribution >= 0.6 is 11.3 Å². The molecule has 3 rings (SSSR count). The molecule has 5 nitrogen and oxygen atoms in total. The predicted octanol–water partition coefficient (Wildman–Crippen LogP) is 2.73. The second-order valence-corrected chi connectivity index (χ2v) is 9.05. The molecule has 0 saturated heterocycles. The molecule has 7 heteroatoms. The van der Waals surface area contributed by atoms with Crippen LogP contribution in [-0.4, -0.2) is 42.7 Å². The standard InChI is InChI=1S/C18H22N2O3S2/c1-3-19(4-2)18(21)16-12-14-8-5-6-9-15(14)13-20(16)25(22,23)17-10-7-11-24-17/h5-11,16H,3-4,12-13H2,1-2H3. The number of carbonyl (C=O) groups is 1.